The van der Waals surface area contributed by atoms with Gasteiger partial charge in [0.2, 0.25) is 5.91 Å². The van der Waals surface area contributed by atoms with Crippen molar-refractivity contribution in [2.75, 3.05) is 10.6 Å². The van der Waals surface area contributed by atoms with Crippen LogP contribution in [0.25, 0.3) is 17.3 Å². The van der Waals surface area contributed by atoms with Crippen molar-refractivity contribution in [3.05, 3.63) is 170 Å². The molecule has 6 aromatic rings. The highest BCUT2D eigenvalue weighted by Crippen LogP contribution is 2.38. The lowest BCUT2D eigenvalue weighted by molar-refractivity contribution is -0.116. The van der Waals surface area contributed by atoms with Gasteiger partial charge in [0, 0.05) is 37.1 Å². The third-order valence-corrected chi connectivity index (χ3v) is 10.2. The lowest BCUT2D eigenvalue weighted by atomic mass is 10.1. The fourth-order valence-corrected chi connectivity index (χ4v) is 7.21. The highest BCUT2D eigenvalue weighted by Gasteiger charge is 2.24. The summed E-state index contributed by atoms with van der Waals surface area (Å²) in [5.74, 6) is -1.19. The molecular formula is C39H27Cl3N4O3S2. The van der Waals surface area contributed by atoms with Crippen molar-refractivity contribution in [2.45, 2.75) is 10.1 Å². The number of hydrogen-bond donors (Lipinski definition) is 3. The van der Waals surface area contributed by atoms with Gasteiger partial charge < -0.3 is 16.0 Å². The molecule has 0 aliphatic heterocycles. The van der Waals surface area contributed by atoms with Crippen molar-refractivity contribution in [1.82, 2.24) is 10.3 Å². The number of thiazole rings is 1. The largest absolute Gasteiger partial charge is 0.321 e. The lowest BCUT2D eigenvalue weighted by Gasteiger charge is -2.17. The van der Waals surface area contributed by atoms with E-state index in [1.54, 1.807) is 91.0 Å². The molecule has 6 rings (SSSR count). The molecule has 1 heterocycles. The second-order valence-corrected chi connectivity index (χ2v) is 14.3. The average molecular weight is 770 g/mol. The summed E-state index contributed by atoms with van der Waals surface area (Å²) in [5, 5.41) is 11.7. The van der Waals surface area contributed by atoms with Gasteiger partial charge in [0.1, 0.15) is 10.9 Å². The minimum atomic E-state index is -0.611. The first-order valence-electron chi connectivity index (χ1n) is 15.4. The summed E-state index contributed by atoms with van der Waals surface area (Å²) in [6, 6.07) is 37.3. The van der Waals surface area contributed by atoms with Gasteiger partial charge in [-0.05, 0) is 83.9 Å². The van der Waals surface area contributed by atoms with Crippen molar-refractivity contribution in [2.24, 2.45) is 0 Å². The number of benzene rings is 5. The molecule has 7 nitrogen and oxygen atoms in total. The zero-order valence-electron chi connectivity index (χ0n) is 26.5. The van der Waals surface area contributed by atoms with Crippen LogP contribution in [0.15, 0.2) is 143 Å². The predicted octanol–water partition coefficient (Wildman–Crippen LogP) is 10.7. The van der Waals surface area contributed by atoms with Crippen molar-refractivity contribution < 1.29 is 14.4 Å². The van der Waals surface area contributed by atoms with Crippen LogP contribution in [0.3, 0.4) is 0 Å². The van der Waals surface area contributed by atoms with E-state index >= 15 is 0 Å². The number of aromatic nitrogens is 1. The van der Waals surface area contributed by atoms with Crippen LogP contribution >= 0.6 is 57.9 Å². The maximum absolute atomic E-state index is 13.7. The lowest BCUT2D eigenvalue weighted by Crippen LogP contribution is -2.30. The molecule has 0 aliphatic rings. The molecule has 3 N–H and O–H groups in total. The molecule has 0 saturated carbocycles. The number of thioether (sulfide) groups is 1. The van der Waals surface area contributed by atoms with E-state index in [0.717, 1.165) is 10.5 Å². The molecule has 1 atom stereocenters. The smallest absolute Gasteiger partial charge is 0.272 e. The van der Waals surface area contributed by atoms with Crippen molar-refractivity contribution in [1.29, 1.82) is 0 Å². The summed E-state index contributed by atoms with van der Waals surface area (Å²) in [4.78, 5) is 45.6. The summed E-state index contributed by atoms with van der Waals surface area (Å²) in [6.07, 6.45) is 1.58. The molecule has 51 heavy (non-hydrogen) atoms. The zero-order chi connectivity index (χ0) is 35.7. The van der Waals surface area contributed by atoms with E-state index in [1.165, 1.54) is 23.1 Å². The predicted molar refractivity (Wildman–Crippen MR) is 210 cm³/mol. The second-order valence-electron chi connectivity index (χ2n) is 11.0. The highest BCUT2D eigenvalue weighted by atomic mass is 35.5. The Bertz CT molecular complexity index is 2200. The zero-order valence-corrected chi connectivity index (χ0v) is 30.4. The summed E-state index contributed by atoms with van der Waals surface area (Å²) in [6.45, 7) is 0. The van der Waals surface area contributed by atoms with Crippen molar-refractivity contribution in [3.63, 3.8) is 0 Å². The Labute approximate surface area is 317 Å². The molecule has 3 amide bonds. The van der Waals surface area contributed by atoms with E-state index in [4.69, 9.17) is 34.8 Å². The molecule has 0 fully saturated rings. The van der Waals surface area contributed by atoms with Gasteiger partial charge in [-0.3, -0.25) is 14.4 Å². The molecule has 0 spiro atoms. The highest BCUT2D eigenvalue weighted by molar-refractivity contribution is 8.00. The van der Waals surface area contributed by atoms with Gasteiger partial charge in [-0.15, -0.1) is 23.1 Å². The maximum atomic E-state index is 13.7. The summed E-state index contributed by atoms with van der Waals surface area (Å²) in [7, 11) is 0. The summed E-state index contributed by atoms with van der Waals surface area (Å²) < 4.78 is 0. The van der Waals surface area contributed by atoms with E-state index in [2.05, 4.69) is 20.9 Å². The van der Waals surface area contributed by atoms with Gasteiger partial charge in [-0.2, -0.15) is 0 Å². The molecule has 1 unspecified atom stereocenters. The Kier molecular flexibility index (Phi) is 11.9. The number of hydrogen-bond acceptors (Lipinski definition) is 6. The van der Waals surface area contributed by atoms with E-state index in [9.17, 15) is 14.4 Å². The quantitative estimate of drug-likeness (QED) is 0.0900. The molecular weight excluding hydrogens is 743 g/mol. The fourth-order valence-electron chi connectivity index (χ4n) is 4.84. The molecule has 0 saturated heterocycles. The molecule has 1 aromatic heterocycles. The minimum absolute atomic E-state index is 0.0501. The third-order valence-electron chi connectivity index (χ3n) is 7.36. The monoisotopic (exact) mass is 768 g/mol. The number of amides is 3. The molecule has 0 aliphatic carbocycles. The van der Waals surface area contributed by atoms with Crippen molar-refractivity contribution >= 4 is 92.5 Å². The molecule has 5 aromatic carbocycles. The number of halogens is 3. The molecule has 0 bridgehead atoms. The second kappa shape index (κ2) is 16.9. The topological polar surface area (TPSA) is 100 Å². The number of carbonyl (C=O) groups excluding carboxylic acids is 3. The van der Waals surface area contributed by atoms with Crippen LogP contribution in [-0.2, 0) is 9.59 Å². The van der Waals surface area contributed by atoms with E-state index < -0.39 is 17.1 Å². The van der Waals surface area contributed by atoms with E-state index in [1.807, 2.05) is 47.8 Å². The number of carbonyl (C=O) groups is 3. The number of anilines is 2. The van der Waals surface area contributed by atoms with Gasteiger partial charge in [0.15, 0.2) is 5.13 Å². The van der Waals surface area contributed by atoms with Crippen LogP contribution in [0, 0.1) is 0 Å². The Balaban J connectivity index is 1.17. The van der Waals surface area contributed by atoms with Crippen LogP contribution in [0.4, 0.5) is 10.8 Å². The van der Waals surface area contributed by atoms with Crippen LogP contribution < -0.4 is 16.0 Å². The van der Waals surface area contributed by atoms with Gasteiger partial charge in [-0.25, -0.2) is 4.98 Å². The summed E-state index contributed by atoms with van der Waals surface area (Å²) >= 11 is 21.1. The Morgan fingerprint density at radius 1 is 0.745 bits per heavy atom. The standard InChI is InChI=1S/C39H27Cl3N4O3S2/c40-27-13-11-24(12-14-27)21-33(44-36(47)26-9-5-2-6-10-26)37(48)43-29-16-18-30(19-17-29)51-35(25-7-3-1-4-8-25)38(49)46-39-45-34(23-50-39)31-20-15-28(41)22-32(31)42/h1-23,35H,(H,43,48)(H,44,47)(H,45,46,49)/b33-21-. The van der Waals surface area contributed by atoms with Gasteiger partial charge in [-0.1, -0.05) is 95.5 Å². The van der Waals surface area contributed by atoms with Gasteiger partial charge in [0.05, 0.1) is 10.7 Å². The van der Waals surface area contributed by atoms with E-state index in [-0.39, 0.29) is 11.6 Å². The first-order valence-corrected chi connectivity index (χ1v) is 18.3. The Morgan fingerprint density at radius 2 is 1.41 bits per heavy atom. The van der Waals surface area contributed by atoms with E-state index in [0.29, 0.717) is 48.3 Å². The third kappa shape index (κ3) is 9.67. The average Bonchev–Trinajstić information content (AvgIpc) is 3.60. The van der Waals surface area contributed by atoms with Crippen LogP contribution in [0.5, 0.6) is 0 Å². The first-order chi connectivity index (χ1) is 24.7. The number of rotatable bonds is 11. The molecule has 0 radical (unpaired) electrons. The van der Waals surface area contributed by atoms with Crippen LogP contribution in [-0.4, -0.2) is 22.7 Å². The SMILES string of the molecule is O=C(Nc1ccc(SC(C(=O)Nc2nc(-c3ccc(Cl)cc3Cl)cs2)c2ccccc2)cc1)/C(=C/c1ccc(Cl)cc1)NC(=O)c1ccccc1. The Morgan fingerprint density at radius 3 is 2.10 bits per heavy atom. The molecule has 12 heteroatoms. The van der Waals surface area contributed by atoms with Gasteiger partial charge >= 0.3 is 0 Å². The first kappa shape index (κ1) is 35.9. The summed E-state index contributed by atoms with van der Waals surface area (Å²) in [5.41, 5.74) is 3.78. The number of nitrogens with one attached hydrogen (secondary N) is 3. The fraction of sp³-hybridized carbons (Fsp3) is 0.0256. The maximum Gasteiger partial charge on any atom is 0.272 e. The van der Waals surface area contributed by atoms with Gasteiger partial charge in [0.25, 0.3) is 11.8 Å². The van der Waals surface area contributed by atoms with Crippen LogP contribution in [0.1, 0.15) is 26.7 Å². The molecule has 254 valence electrons. The van der Waals surface area contributed by atoms with Crippen molar-refractivity contribution in [3.8, 4) is 11.3 Å². The van der Waals surface area contributed by atoms with Crippen LogP contribution in [0.2, 0.25) is 15.1 Å². The normalized spacial score (nSPS) is 11.8. The minimum Gasteiger partial charge on any atom is -0.321 e. The number of nitrogens with zero attached hydrogens (tertiary/aromatic N) is 1. The Hall–Kier alpha value is -4.90.